The molecule has 0 fully saturated rings. The van der Waals surface area contributed by atoms with E-state index in [0.717, 1.165) is 36.4 Å². The van der Waals surface area contributed by atoms with Gasteiger partial charge in [-0.2, -0.15) is 23.2 Å². The molecule has 0 aliphatic heterocycles. The van der Waals surface area contributed by atoms with Crippen molar-refractivity contribution in [3.8, 4) is 6.07 Å². The molecule has 0 bridgehead atoms. The van der Waals surface area contributed by atoms with Crippen molar-refractivity contribution in [2.24, 2.45) is 0 Å². The van der Waals surface area contributed by atoms with Gasteiger partial charge in [-0.1, -0.05) is 30.3 Å². The van der Waals surface area contributed by atoms with Crippen LogP contribution in [0.1, 0.15) is 16.7 Å². The molecule has 200 valence electrons. The summed E-state index contributed by atoms with van der Waals surface area (Å²) >= 11 is 0. The first-order chi connectivity index (χ1) is 17.6. The lowest BCUT2D eigenvalue weighted by molar-refractivity contribution is -0.137. The van der Waals surface area contributed by atoms with Crippen LogP contribution in [-0.4, -0.2) is 34.8 Å². The number of sulfone groups is 1. The Balaban J connectivity index is 2.20. The van der Waals surface area contributed by atoms with Crippen LogP contribution in [0, 0.1) is 17.1 Å². The highest BCUT2D eigenvalue weighted by Gasteiger charge is 2.47. The van der Waals surface area contributed by atoms with Crippen molar-refractivity contribution in [1.82, 2.24) is 4.72 Å². The number of carbonyl (C=O) groups excluding carboxylic acids is 1. The topological polar surface area (TPSA) is 133 Å². The zero-order valence-electron chi connectivity index (χ0n) is 19.5. The number of nitrogens with one attached hydrogen (secondary N) is 2. The van der Waals surface area contributed by atoms with E-state index in [9.17, 15) is 39.2 Å². The lowest BCUT2D eigenvalue weighted by Gasteiger charge is -2.33. The molecule has 3 aromatic carbocycles. The summed E-state index contributed by atoms with van der Waals surface area (Å²) in [5, 5.41) is 11.2. The van der Waals surface area contributed by atoms with Crippen LogP contribution in [-0.2, 0) is 36.4 Å². The number of carbonyl (C=O) groups is 1. The van der Waals surface area contributed by atoms with Gasteiger partial charge in [0.15, 0.2) is 15.4 Å². The van der Waals surface area contributed by atoms with E-state index in [0.29, 0.717) is 12.3 Å². The number of anilines is 1. The van der Waals surface area contributed by atoms with E-state index in [1.807, 2.05) is 4.72 Å². The molecule has 0 saturated carbocycles. The molecule has 3 aromatic rings. The number of sulfonamides is 1. The fraction of sp³-hybridized carbons (Fsp3) is 0.167. The van der Waals surface area contributed by atoms with E-state index in [1.54, 1.807) is 0 Å². The van der Waals surface area contributed by atoms with Gasteiger partial charge in [-0.3, -0.25) is 4.79 Å². The van der Waals surface area contributed by atoms with Crippen LogP contribution in [0.2, 0.25) is 0 Å². The maximum Gasteiger partial charge on any atom is 0.417 e. The molecule has 1 atom stereocenters. The van der Waals surface area contributed by atoms with Crippen LogP contribution in [0.3, 0.4) is 0 Å². The molecule has 0 aliphatic carbocycles. The second-order valence-electron chi connectivity index (χ2n) is 8.18. The molecule has 3 rings (SSSR count). The first kappa shape index (κ1) is 28.8. The molecular formula is C24H19F4N3O5S2. The van der Waals surface area contributed by atoms with Gasteiger partial charge in [-0.05, 0) is 48.0 Å². The third-order valence-electron chi connectivity index (χ3n) is 5.30. The normalized spacial score (nSPS) is 13.8. The zero-order chi connectivity index (χ0) is 28.4. The van der Waals surface area contributed by atoms with Crippen molar-refractivity contribution in [3.05, 3.63) is 95.3 Å². The van der Waals surface area contributed by atoms with Crippen LogP contribution in [0.15, 0.2) is 77.7 Å². The maximum absolute atomic E-state index is 13.7. The Hall–Kier alpha value is -3.80. The molecule has 0 aliphatic rings. The monoisotopic (exact) mass is 569 g/mol. The minimum Gasteiger partial charge on any atom is -0.324 e. The Bertz CT molecular complexity index is 1600. The summed E-state index contributed by atoms with van der Waals surface area (Å²) in [7, 11) is -8.84. The highest BCUT2D eigenvalue weighted by molar-refractivity contribution is 7.91. The van der Waals surface area contributed by atoms with Crippen molar-refractivity contribution in [1.29, 1.82) is 5.26 Å². The predicted molar refractivity (Wildman–Crippen MR) is 129 cm³/mol. The standard InChI is InChI=1S/C24H19F4N3O5S2/c1-37(33,34)31-23(17-5-3-2-4-6-17,15-38(35,36)20-11-8-18(25)9-12-20)22(32)30-19-10-7-16(14-29)21(13-19)24(26,27)28/h2-13,31H,15H2,1H3,(H,30,32)/t23-/m1/s1. The van der Waals surface area contributed by atoms with E-state index >= 15 is 0 Å². The summed E-state index contributed by atoms with van der Waals surface area (Å²) < 4.78 is 107. The lowest BCUT2D eigenvalue weighted by atomic mass is 9.91. The Kier molecular flexibility index (Phi) is 7.96. The SMILES string of the molecule is CS(=O)(=O)N[C@@](CS(=O)(=O)c1ccc(F)cc1)(C(=O)Nc1ccc(C#N)c(C(F)(F)F)c1)c1ccccc1. The number of rotatable bonds is 8. The Morgan fingerprint density at radius 2 is 1.55 bits per heavy atom. The summed E-state index contributed by atoms with van der Waals surface area (Å²) in [5.41, 5.74) is -5.28. The molecule has 38 heavy (non-hydrogen) atoms. The van der Waals surface area contributed by atoms with Gasteiger partial charge in [0.2, 0.25) is 10.0 Å². The van der Waals surface area contributed by atoms with Gasteiger partial charge in [0.1, 0.15) is 5.82 Å². The third-order valence-corrected chi connectivity index (χ3v) is 7.82. The number of amides is 1. The molecule has 0 aromatic heterocycles. The van der Waals surface area contributed by atoms with Gasteiger partial charge in [-0.25, -0.2) is 21.2 Å². The van der Waals surface area contributed by atoms with E-state index in [2.05, 4.69) is 5.32 Å². The van der Waals surface area contributed by atoms with Gasteiger partial charge in [-0.15, -0.1) is 0 Å². The van der Waals surface area contributed by atoms with E-state index < -0.39 is 70.8 Å². The number of hydrogen-bond donors (Lipinski definition) is 2. The van der Waals surface area contributed by atoms with E-state index in [1.165, 1.54) is 36.4 Å². The van der Waals surface area contributed by atoms with Crippen LogP contribution < -0.4 is 10.0 Å². The average Bonchev–Trinajstić information content (AvgIpc) is 2.82. The zero-order valence-corrected chi connectivity index (χ0v) is 21.1. The number of nitriles is 1. The largest absolute Gasteiger partial charge is 0.417 e. The molecule has 8 nitrogen and oxygen atoms in total. The predicted octanol–water partition coefficient (Wildman–Crippen LogP) is 3.57. The summed E-state index contributed by atoms with van der Waals surface area (Å²) in [6, 6.07) is 14.1. The summed E-state index contributed by atoms with van der Waals surface area (Å²) in [6.07, 6.45) is -4.29. The van der Waals surface area contributed by atoms with Gasteiger partial charge in [0.25, 0.3) is 5.91 Å². The average molecular weight is 570 g/mol. The first-order valence-electron chi connectivity index (χ1n) is 10.5. The van der Waals surface area contributed by atoms with Crippen molar-refractivity contribution >= 4 is 31.5 Å². The van der Waals surface area contributed by atoms with Crippen LogP contribution in [0.5, 0.6) is 0 Å². The Morgan fingerprint density at radius 3 is 2.08 bits per heavy atom. The van der Waals surface area contributed by atoms with Crippen molar-refractivity contribution < 1.29 is 39.2 Å². The number of nitrogens with zero attached hydrogens (tertiary/aromatic N) is 1. The molecule has 0 unspecified atom stereocenters. The molecular weight excluding hydrogens is 550 g/mol. The Labute approximate surface area is 215 Å². The minimum absolute atomic E-state index is 0.140. The third kappa shape index (κ3) is 6.55. The first-order valence-corrected chi connectivity index (χ1v) is 14.1. The molecule has 1 amide bonds. The van der Waals surface area contributed by atoms with Gasteiger partial charge < -0.3 is 5.32 Å². The summed E-state index contributed by atoms with van der Waals surface area (Å²) in [4.78, 5) is 13.3. The maximum atomic E-state index is 13.7. The summed E-state index contributed by atoms with van der Waals surface area (Å²) in [6.45, 7) is 0. The number of benzene rings is 3. The molecule has 14 heteroatoms. The molecule has 2 N–H and O–H groups in total. The highest BCUT2D eigenvalue weighted by Crippen LogP contribution is 2.35. The fourth-order valence-electron chi connectivity index (χ4n) is 3.66. The fourth-order valence-corrected chi connectivity index (χ4v) is 6.32. The van der Waals surface area contributed by atoms with Crippen LogP contribution in [0.4, 0.5) is 23.2 Å². The second-order valence-corrected chi connectivity index (χ2v) is 11.9. The molecule has 0 saturated heterocycles. The second kappa shape index (κ2) is 10.5. The number of hydrogen-bond acceptors (Lipinski definition) is 6. The number of alkyl halides is 3. The minimum atomic E-state index is -4.96. The lowest BCUT2D eigenvalue weighted by Crippen LogP contribution is -2.57. The number of halogens is 4. The van der Waals surface area contributed by atoms with Crippen LogP contribution >= 0.6 is 0 Å². The van der Waals surface area contributed by atoms with Crippen LogP contribution in [0.25, 0.3) is 0 Å². The Morgan fingerprint density at radius 1 is 0.947 bits per heavy atom. The smallest absolute Gasteiger partial charge is 0.324 e. The van der Waals surface area contributed by atoms with Gasteiger partial charge in [0.05, 0.1) is 34.1 Å². The van der Waals surface area contributed by atoms with E-state index in [4.69, 9.17) is 5.26 Å². The van der Waals surface area contributed by atoms with Crippen molar-refractivity contribution in [3.63, 3.8) is 0 Å². The molecule has 0 radical (unpaired) electrons. The van der Waals surface area contributed by atoms with Gasteiger partial charge in [0, 0.05) is 5.69 Å². The molecule has 0 spiro atoms. The van der Waals surface area contributed by atoms with Crippen molar-refractivity contribution in [2.75, 3.05) is 17.3 Å². The quantitative estimate of drug-likeness (QED) is 0.315. The summed E-state index contributed by atoms with van der Waals surface area (Å²) in [5.74, 6) is -3.28. The molecule has 0 heterocycles. The van der Waals surface area contributed by atoms with Crippen molar-refractivity contribution in [2.45, 2.75) is 16.6 Å². The highest BCUT2D eigenvalue weighted by atomic mass is 32.2. The van der Waals surface area contributed by atoms with Gasteiger partial charge >= 0.3 is 6.18 Å². The van der Waals surface area contributed by atoms with E-state index in [-0.39, 0.29) is 5.56 Å².